The van der Waals surface area contributed by atoms with Crippen LogP contribution in [0.4, 0.5) is 5.69 Å². The first kappa shape index (κ1) is 12.8. The molecule has 0 atom stereocenters. The van der Waals surface area contributed by atoms with Crippen molar-refractivity contribution < 1.29 is 9.66 Å². The van der Waals surface area contributed by atoms with Crippen molar-refractivity contribution in [1.82, 2.24) is 9.78 Å². The second-order valence-corrected chi connectivity index (χ2v) is 4.87. The molecule has 7 heteroatoms. The molecule has 0 fully saturated rings. The topological polar surface area (TPSA) is 70.2 Å². The third kappa shape index (κ3) is 2.78. The van der Waals surface area contributed by atoms with Crippen molar-refractivity contribution in [3.8, 4) is 5.75 Å². The summed E-state index contributed by atoms with van der Waals surface area (Å²) in [6.45, 7) is 0.494. The van der Waals surface area contributed by atoms with E-state index < -0.39 is 4.92 Å². The molecule has 0 aliphatic carbocycles. The molecule has 0 aliphatic heterocycles. The summed E-state index contributed by atoms with van der Waals surface area (Å²) >= 11 is 2.16. The Morgan fingerprint density at radius 2 is 2.33 bits per heavy atom. The molecule has 2 aromatic rings. The van der Waals surface area contributed by atoms with Gasteiger partial charge in [-0.05, 0) is 34.2 Å². The van der Waals surface area contributed by atoms with Crippen LogP contribution in [-0.2, 0) is 6.54 Å². The zero-order valence-corrected chi connectivity index (χ0v) is 11.7. The molecule has 2 rings (SSSR count). The zero-order valence-electron chi connectivity index (χ0n) is 9.54. The normalized spacial score (nSPS) is 10.3. The van der Waals surface area contributed by atoms with Crippen LogP contribution in [0.15, 0.2) is 30.6 Å². The van der Waals surface area contributed by atoms with Crippen LogP contribution in [-0.4, -0.2) is 21.8 Å². The van der Waals surface area contributed by atoms with E-state index in [-0.39, 0.29) is 11.4 Å². The Morgan fingerprint density at radius 3 is 2.89 bits per heavy atom. The molecule has 0 unspecified atom stereocenters. The second-order valence-electron chi connectivity index (χ2n) is 3.62. The Balaban J connectivity index is 2.29. The van der Waals surface area contributed by atoms with Gasteiger partial charge in [0.15, 0.2) is 5.75 Å². The molecule has 1 aromatic heterocycles. The van der Waals surface area contributed by atoms with E-state index in [0.29, 0.717) is 6.54 Å². The lowest BCUT2D eigenvalue weighted by Gasteiger charge is -2.05. The molecule has 18 heavy (non-hydrogen) atoms. The average molecular weight is 359 g/mol. The summed E-state index contributed by atoms with van der Waals surface area (Å²) in [6.07, 6.45) is 3.61. The highest BCUT2D eigenvalue weighted by Gasteiger charge is 2.15. The number of nitrogens with zero attached hydrogens (tertiary/aromatic N) is 3. The second kappa shape index (κ2) is 5.34. The molecule has 0 aliphatic rings. The summed E-state index contributed by atoms with van der Waals surface area (Å²) in [5.74, 6) is 0.263. The molecule has 0 amide bonds. The fraction of sp³-hybridized carbons (Fsp3) is 0.182. The highest BCUT2D eigenvalue weighted by atomic mass is 127. The van der Waals surface area contributed by atoms with Crippen molar-refractivity contribution >= 4 is 28.3 Å². The van der Waals surface area contributed by atoms with Gasteiger partial charge in [-0.2, -0.15) is 5.10 Å². The third-order valence-corrected chi connectivity index (χ3v) is 2.94. The van der Waals surface area contributed by atoms with Gasteiger partial charge in [-0.15, -0.1) is 0 Å². The molecular formula is C11H10IN3O3. The zero-order chi connectivity index (χ0) is 13.1. The van der Waals surface area contributed by atoms with E-state index in [0.717, 1.165) is 9.13 Å². The largest absolute Gasteiger partial charge is 0.490 e. The minimum Gasteiger partial charge on any atom is -0.490 e. The van der Waals surface area contributed by atoms with Gasteiger partial charge in [0.25, 0.3) is 0 Å². The lowest BCUT2D eigenvalue weighted by Crippen LogP contribution is -2.01. The molecule has 1 aromatic carbocycles. The number of benzene rings is 1. The Morgan fingerprint density at radius 1 is 1.56 bits per heavy atom. The van der Waals surface area contributed by atoms with Crippen LogP contribution in [0.1, 0.15) is 5.56 Å². The summed E-state index contributed by atoms with van der Waals surface area (Å²) in [4.78, 5) is 10.4. The lowest BCUT2D eigenvalue weighted by atomic mass is 10.2. The Bertz CT molecular complexity index is 583. The summed E-state index contributed by atoms with van der Waals surface area (Å²) in [6, 6.07) is 4.90. The minimum atomic E-state index is -0.449. The maximum atomic E-state index is 10.9. The number of methoxy groups -OCH3 is 1. The van der Waals surface area contributed by atoms with Crippen molar-refractivity contribution in [3.63, 3.8) is 0 Å². The highest BCUT2D eigenvalue weighted by molar-refractivity contribution is 14.1. The number of hydrogen-bond acceptors (Lipinski definition) is 4. The van der Waals surface area contributed by atoms with Gasteiger partial charge >= 0.3 is 5.69 Å². The first-order chi connectivity index (χ1) is 8.60. The molecule has 0 spiro atoms. The predicted octanol–water partition coefficient (Wildman–Crippen LogP) is 2.45. The monoisotopic (exact) mass is 359 g/mol. The van der Waals surface area contributed by atoms with Gasteiger partial charge in [-0.25, -0.2) is 0 Å². The van der Waals surface area contributed by atoms with E-state index in [1.165, 1.54) is 13.2 Å². The molecule has 94 valence electrons. The first-order valence-corrected chi connectivity index (χ1v) is 6.17. The van der Waals surface area contributed by atoms with E-state index in [1.54, 1.807) is 23.0 Å². The van der Waals surface area contributed by atoms with Crippen LogP contribution in [0.25, 0.3) is 0 Å². The number of aromatic nitrogens is 2. The SMILES string of the molecule is COc1ccc(Cn2cc(I)cn2)cc1[N+](=O)[O-]. The highest BCUT2D eigenvalue weighted by Crippen LogP contribution is 2.27. The van der Waals surface area contributed by atoms with Crippen molar-refractivity contribution in [3.05, 3.63) is 49.8 Å². The van der Waals surface area contributed by atoms with E-state index in [1.807, 2.05) is 6.20 Å². The van der Waals surface area contributed by atoms with Gasteiger partial charge in [0, 0.05) is 12.3 Å². The summed E-state index contributed by atoms with van der Waals surface area (Å²) in [5, 5.41) is 15.0. The van der Waals surface area contributed by atoms with E-state index in [4.69, 9.17) is 4.74 Å². The molecule has 0 radical (unpaired) electrons. The predicted molar refractivity (Wildman–Crippen MR) is 73.7 cm³/mol. The van der Waals surface area contributed by atoms with Crippen molar-refractivity contribution in [2.45, 2.75) is 6.54 Å². The maximum absolute atomic E-state index is 10.9. The van der Waals surface area contributed by atoms with Gasteiger partial charge in [-0.3, -0.25) is 14.8 Å². The quantitative estimate of drug-likeness (QED) is 0.478. The van der Waals surface area contributed by atoms with Crippen LogP contribution in [0.3, 0.4) is 0 Å². The van der Waals surface area contributed by atoms with E-state index in [2.05, 4.69) is 27.7 Å². The number of ether oxygens (including phenoxy) is 1. The maximum Gasteiger partial charge on any atom is 0.311 e. The van der Waals surface area contributed by atoms with Crippen LogP contribution >= 0.6 is 22.6 Å². The fourth-order valence-electron chi connectivity index (χ4n) is 1.59. The number of hydrogen-bond donors (Lipinski definition) is 0. The summed E-state index contributed by atoms with van der Waals surface area (Å²) in [5.41, 5.74) is 0.777. The van der Waals surface area contributed by atoms with Gasteiger partial charge in [-0.1, -0.05) is 6.07 Å². The van der Waals surface area contributed by atoms with Crippen molar-refractivity contribution in [2.24, 2.45) is 0 Å². The van der Waals surface area contributed by atoms with Crippen LogP contribution in [0.2, 0.25) is 0 Å². The lowest BCUT2D eigenvalue weighted by molar-refractivity contribution is -0.385. The average Bonchev–Trinajstić information content (AvgIpc) is 2.74. The van der Waals surface area contributed by atoms with E-state index >= 15 is 0 Å². The molecular weight excluding hydrogens is 349 g/mol. The molecule has 0 bridgehead atoms. The molecule has 6 nitrogen and oxygen atoms in total. The van der Waals surface area contributed by atoms with Crippen LogP contribution < -0.4 is 4.74 Å². The number of halogens is 1. The van der Waals surface area contributed by atoms with E-state index in [9.17, 15) is 10.1 Å². The Kier molecular flexibility index (Phi) is 3.80. The molecule has 0 saturated heterocycles. The Labute approximate surface area is 117 Å². The van der Waals surface area contributed by atoms with Gasteiger partial charge in [0.1, 0.15) is 0 Å². The smallest absolute Gasteiger partial charge is 0.311 e. The first-order valence-electron chi connectivity index (χ1n) is 5.09. The number of nitro benzene ring substituents is 1. The number of rotatable bonds is 4. The standard InChI is InChI=1S/C11H10IN3O3/c1-18-11-3-2-8(4-10(11)15(16)17)6-14-7-9(12)5-13-14/h2-5,7H,6H2,1H3. The fourth-order valence-corrected chi connectivity index (χ4v) is 2.03. The molecule has 0 saturated carbocycles. The van der Waals surface area contributed by atoms with Crippen LogP contribution in [0.5, 0.6) is 5.75 Å². The summed E-state index contributed by atoms with van der Waals surface area (Å²) in [7, 11) is 1.41. The summed E-state index contributed by atoms with van der Waals surface area (Å²) < 4.78 is 7.70. The van der Waals surface area contributed by atoms with Crippen LogP contribution in [0, 0.1) is 13.7 Å². The third-order valence-electron chi connectivity index (χ3n) is 2.39. The molecule has 0 N–H and O–H groups in total. The van der Waals surface area contributed by atoms with Gasteiger partial charge in [0.05, 0.1) is 28.3 Å². The van der Waals surface area contributed by atoms with Gasteiger partial charge in [0.2, 0.25) is 0 Å². The van der Waals surface area contributed by atoms with Gasteiger partial charge < -0.3 is 4.74 Å². The minimum absolute atomic E-state index is 0.0307. The Hall–Kier alpha value is -1.64. The number of nitro groups is 1. The van der Waals surface area contributed by atoms with Crippen molar-refractivity contribution in [2.75, 3.05) is 7.11 Å². The molecule has 1 heterocycles. The van der Waals surface area contributed by atoms with Crippen molar-refractivity contribution in [1.29, 1.82) is 0 Å².